The third-order valence-corrected chi connectivity index (χ3v) is 3.45. The molecule has 1 amide bonds. The van der Waals surface area contributed by atoms with Crippen LogP contribution in [0.15, 0.2) is 42.5 Å². The van der Waals surface area contributed by atoms with Crippen LogP contribution >= 0.6 is 0 Å². The third-order valence-electron chi connectivity index (χ3n) is 3.45. The van der Waals surface area contributed by atoms with Crippen molar-refractivity contribution in [1.29, 1.82) is 0 Å². The van der Waals surface area contributed by atoms with Crippen molar-refractivity contribution in [2.45, 2.75) is 20.3 Å². The van der Waals surface area contributed by atoms with E-state index in [0.717, 1.165) is 6.42 Å². The number of benzene rings is 2. The molecule has 0 radical (unpaired) electrons. The maximum Gasteiger partial charge on any atom is 0.341 e. The van der Waals surface area contributed by atoms with Gasteiger partial charge in [0.2, 0.25) is 0 Å². The number of amides is 1. The van der Waals surface area contributed by atoms with E-state index in [1.807, 2.05) is 19.1 Å². The van der Waals surface area contributed by atoms with Gasteiger partial charge in [0, 0.05) is 5.56 Å². The second-order valence-corrected chi connectivity index (χ2v) is 5.58. The summed E-state index contributed by atoms with van der Waals surface area (Å²) in [5, 5.41) is 11.6. The molecule has 2 N–H and O–H groups in total. The summed E-state index contributed by atoms with van der Waals surface area (Å²) < 4.78 is 16.3. The highest BCUT2D eigenvalue weighted by atomic mass is 16.5. The summed E-state index contributed by atoms with van der Waals surface area (Å²) in [4.78, 5) is 23.3. The largest absolute Gasteiger partial charge is 0.491 e. The minimum Gasteiger partial charge on any atom is -0.491 e. The average molecular weight is 373 g/mol. The van der Waals surface area contributed by atoms with Gasteiger partial charge in [-0.05, 0) is 43.7 Å². The fourth-order valence-electron chi connectivity index (χ4n) is 2.28. The molecule has 0 saturated carbocycles. The molecule has 2 aromatic carbocycles. The van der Waals surface area contributed by atoms with Gasteiger partial charge >= 0.3 is 5.97 Å². The highest BCUT2D eigenvalue weighted by molar-refractivity contribution is 6.05. The fraction of sp³-hybridized carbons (Fsp3) is 0.300. The number of hydrogen-bond acceptors (Lipinski definition) is 5. The van der Waals surface area contributed by atoms with Crippen LogP contribution < -0.4 is 19.5 Å². The number of aliphatic carboxylic acids is 1. The molecule has 0 unspecified atom stereocenters. The second kappa shape index (κ2) is 10.1. The van der Waals surface area contributed by atoms with Crippen molar-refractivity contribution in [1.82, 2.24) is 0 Å². The van der Waals surface area contributed by atoms with Gasteiger partial charge in [0.05, 0.1) is 18.9 Å². The molecule has 0 aromatic heterocycles. The lowest BCUT2D eigenvalue weighted by Gasteiger charge is -2.14. The van der Waals surface area contributed by atoms with Crippen LogP contribution in [0, 0.1) is 0 Å². The first-order valence-electron chi connectivity index (χ1n) is 8.69. The van der Waals surface area contributed by atoms with Crippen LogP contribution in [0.5, 0.6) is 17.2 Å². The van der Waals surface area contributed by atoms with E-state index in [4.69, 9.17) is 19.3 Å². The van der Waals surface area contributed by atoms with Crippen molar-refractivity contribution in [3.63, 3.8) is 0 Å². The van der Waals surface area contributed by atoms with E-state index in [1.54, 1.807) is 25.1 Å². The molecule has 7 nitrogen and oxygen atoms in total. The van der Waals surface area contributed by atoms with Crippen LogP contribution in [0.3, 0.4) is 0 Å². The number of nitrogens with one attached hydrogen (secondary N) is 1. The van der Waals surface area contributed by atoms with Crippen molar-refractivity contribution < 1.29 is 28.9 Å². The topological polar surface area (TPSA) is 94.1 Å². The Morgan fingerprint density at radius 3 is 2.44 bits per heavy atom. The molecule has 0 aliphatic carbocycles. The van der Waals surface area contributed by atoms with Crippen LogP contribution in [0.1, 0.15) is 30.6 Å². The standard InChI is InChI=1S/C20H23NO6/c1-3-11-26-16-8-6-5-7-15(16)21-20(24)14-9-10-17(27-13-19(22)23)18(12-14)25-4-2/h5-10,12H,3-4,11,13H2,1-2H3,(H,21,24)(H,22,23). The van der Waals surface area contributed by atoms with Crippen molar-refractivity contribution in [3.05, 3.63) is 48.0 Å². The maximum atomic E-state index is 12.6. The van der Waals surface area contributed by atoms with E-state index >= 15 is 0 Å². The minimum absolute atomic E-state index is 0.266. The van der Waals surface area contributed by atoms with Crippen molar-refractivity contribution in [3.8, 4) is 17.2 Å². The molecule has 27 heavy (non-hydrogen) atoms. The molecule has 0 atom stereocenters. The van der Waals surface area contributed by atoms with Gasteiger partial charge in [0.25, 0.3) is 5.91 Å². The van der Waals surface area contributed by atoms with Crippen molar-refractivity contribution in [2.24, 2.45) is 0 Å². The van der Waals surface area contributed by atoms with Crippen LogP contribution in [0.2, 0.25) is 0 Å². The normalized spacial score (nSPS) is 10.1. The van der Waals surface area contributed by atoms with Gasteiger partial charge in [-0.1, -0.05) is 19.1 Å². The lowest BCUT2D eigenvalue weighted by Crippen LogP contribution is -2.14. The monoisotopic (exact) mass is 373 g/mol. The van der Waals surface area contributed by atoms with Crippen LogP contribution in [0.4, 0.5) is 5.69 Å². The fourth-order valence-corrected chi connectivity index (χ4v) is 2.28. The van der Waals surface area contributed by atoms with Gasteiger partial charge in [-0.25, -0.2) is 4.79 Å². The lowest BCUT2D eigenvalue weighted by atomic mass is 10.1. The molecule has 0 heterocycles. The van der Waals surface area contributed by atoms with Gasteiger partial charge in [0.1, 0.15) is 5.75 Å². The predicted molar refractivity (Wildman–Crippen MR) is 101 cm³/mol. The van der Waals surface area contributed by atoms with Gasteiger partial charge in [-0.3, -0.25) is 4.79 Å². The summed E-state index contributed by atoms with van der Waals surface area (Å²) in [6, 6.07) is 11.8. The van der Waals surface area contributed by atoms with Gasteiger partial charge in [0.15, 0.2) is 18.1 Å². The number of carboxylic acids is 1. The number of para-hydroxylation sites is 2. The van der Waals surface area contributed by atoms with E-state index in [-0.39, 0.29) is 11.7 Å². The molecule has 2 rings (SSSR count). The van der Waals surface area contributed by atoms with Gasteiger partial charge in [-0.2, -0.15) is 0 Å². The minimum atomic E-state index is -1.09. The first kappa shape index (κ1) is 20.1. The molecule has 0 aliphatic rings. The summed E-state index contributed by atoms with van der Waals surface area (Å²) in [5.74, 6) is -0.264. The zero-order chi connectivity index (χ0) is 19.6. The zero-order valence-corrected chi connectivity index (χ0v) is 15.4. The molecule has 0 bridgehead atoms. The molecular formula is C20H23NO6. The summed E-state index contributed by atoms with van der Waals surface area (Å²) in [6.07, 6.45) is 0.859. The molecule has 7 heteroatoms. The Bertz CT molecular complexity index is 790. The second-order valence-electron chi connectivity index (χ2n) is 5.58. The number of carbonyl (C=O) groups excluding carboxylic acids is 1. The first-order valence-corrected chi connectivity index (χ1v) is 8.69. The van der Waals surface area contributed by atoms with Crippen molar-refractivity contribution in [2.75, 3.05) is 25.1 Å². The number of hydrogen-bond donors (Lipinski definition) is 2. The maximum absolute atomic E-state index is 12.6. The van der Waals surface area contributed by atoms with Crippen LogP contribution in [-0.2, 0) is 4.79 Å². The number of anilines is 1. The highest BCUT2D eigenvalue weighted by Gasteiger charge is 2.14. The molecule has 144 valence electrons. The number of rotatable bonds is 10. The Kier molecular flexibility index (Phi) is 7.49. The third kappa shape index (κ3) is 5.91. The first-order chi connectivity index (χ1) is 13.0. The Morgan fingerprint density at radius 1 is 0.963 bits per heavy atom. The number of carboxylic acid groups (broad SMARTS) is 1. The Morgan fingerprint density at radius 2 is 1.74 bits per heavy atom. The van der Waals surface area contributed by atoms with E-state index in [9.17, 15) is 9.59 Å². The summed E-state index contributed by atoms with van der Waals surface area (Å²) >= 11 is 0. The molecule has 0 saturated heterocycles. The summed E-state index contributed by atoms with van der Waals surface area (Å²) in [6.45, 7) is 4.20. The number of carbonyl (C=O) groups is 2. The Balaban J connectivity index is 2.18. The summed E-state index contributed by atoms with van der Waals surface area (Å²) in [7, 11) is 0. The SMILES string of the molecule is CCCOc1ccccc1NC(=O)c1ccc(OCC(=O)O)c(OCC)c1. The molecule has 0 spiro atoms. The lowest BCUT2D eigenvalue weighted by molar-refractivity contribution is -0.139. The van der Waals surface area contributed by atoms with E-state index in [1.165, 1.54) is 12.1 Å². The average Bonchev–Trinajstić information content (AvgIpc) is 2.66. The Hall–Kier alpha value is -3.22. The van der Waals surface area contributed by atoms with E-state index in [2.05, 4.69) is 5.32 Å². The highest BCUT2D eigenvalue weighted by Crippen LogP contribution is 2.30. The number of ether oxygens (including phenoxy) is 3. The quantitative estimate of drug-likeness (QED) is 0.661. The van der Waals surface area contributed by atoms with Gasteiger partial charge < -0.3 is 24.6 Å². The van der Waals surface area contributed by atoms with E-state index < -0.39 is 12.6 Å². The molecule has 0 aliphatic heterocycles. The van der Waals surface area contributed by atoms with E-state index in [0.29, 0.717) is 36.0 Å². The van der Waals surface area contributed by atoms with Crippen LogP contribution in [0.25, 0.3) is 0 Å². The molecular weight excluding hydrogens is 350 g/mol. The van der Waals surface area contributed by atoms with Crippen molar-refractivity contribution >= 4 is 17.6 Å². The van der Waals surface area contributed by atoms with Crippen LogP contribution in [-0.4, -0.2) is 36.8 Å². The predicted octanol–water partition coefficient (Wildman–Crippen LogP) is 3.59. The molecule has 0 fully saturated rings. The molecule has 2 aromatic rings. The zero-order valence-electron chi connectivity index (χ0n) is 15.4. The Labute approximate surface area is 157 Å². The summed E-state index contributed by atoms with van der Waals surface area (Å²) in [5.41, 5.74) is 0.923. The smallest absolute Gasteiger partial charge is 0.341 e. The van der Waals surface area contributed by atoms with Gasteiger partial charge in [-0.15, -0.1) is 0 Å².